The van der Waals surface area contributed by atoms with Crippen molar-refractivity contribution in [3.63, 3.8) is 0 Å². The topological polar surface area (TPSA) is 71.3 Å². The molecule has 3 aromatic heterocycles. The van der Waals surface area contributed by atoms with Gasteiger partial charge < -0.3 is 14.2 Å². The van der Waals surface area contributed by atoms with Gasteiger partial charge >= 0.3 is 12.4 Å². The van der Waals surface area contributed by atoms with E-state index in [0.717, 1.165) is 47.8 Å². The Hall–Kier alpha value is -3.84. The molecule has 0 fully saturated rings. The molecule has 0 unspecified atom stereocenters. The van der Waals surface area contributed by atoms with Crippen molar-refractivity contribution in [1.29, 1.82) is 0 Å². The maximum atomic E-state index is 13.9. The number of pyridine rings is 2. The van der Waals surface area contributed by atoms with Gasteiger partial charge in [-0.2, -0.15) is 30.7 Å². The van der Waals surface area contributed by atoms with Crippen LogP contribution in [0.5, 0.6) is 11.6 Å². The molecule has 4 heterocycles. The SMILES string of the molecule is Fc1cncn1CC1(c2ccc(Oc3ccc(C(F)(F)F)nc3)nc2C(F)(F)F)OC=CO1. The molecule has 0 aromatic carbocycles. The van der Waals surface area contributed by atoms with E-state index in [1.807, 2.05) is 0 Å². The van der Waals surface area contributed by atoms with Crippen LogP contribution in [-0.2, 0) is 34.2 Å². The molecule has 3 aromatic rings. The second-order valence-electron chi connectivity index (χ2n) is 6.63. The quantitative estimate of drug-likeness (QED) is 0.482. The fourth-order valence-electron chi connectivity index (χ4n) is 2.99. The summed E-state index contributed by atoms with van der Waals surface area (Å²) in [5.41, 5.74) is -3.26. The highest BCUT2D eigenvalue weighted by Crippen LogP contribution is 2.42. The standard InChI is InChI=1S/C19H11F7N4O3/c20-14-8-27-10-30(14)9-17(31-5-6-32-17)12-2-4-15(29-16(12)19(24,25)26)33-11-1-3-13(28-7-11)18(21,22)23/h1-8,10H,9H2. The van der Waals surface area contributed by atoms with Gasteiger partial charge in [-0.25, -0.2) is 15.0 Å². The number of nitrogens with zero attached hydrogens (tertiary/aromatic N) is 4. The molecule has 0 N–H and O–H groups in total. The molecule has 0 amide bonds. The molecule has 0 radical (unpaired) electrons. The number of imidazole rings is 1. The Balaban J connectivity index is 1.69. The fourth-order valence-corrected chi connectivity index (χ4v) is 2.99. The molecule has 0 aliphatic carbocycles. The van der Waals surface area contributed by atoms with E-state index in [-0.39, 0.29) is 5.75 Å². The van der Waals surface area contributed by atoms with Gasteiger partial charge in [0.05, 0.1) is 24.3 Å². The lowest BCUT2D eigenvalue weighted by atomic mass is 10.0. The van der Waals surface area contributed by atoms with E-state index in [1.54, 1.807) is 0 Å². The first-order valence-electron chi connectivity index (χ1n) is 8.94. The Morgan fingerprint density at radius 2 is 1.67 bits per heavy atom. The van der Waals surface area contributed by atoms with E-state index in [2.05, 4.69) is 15.0 Å². The van der Waals surface area contributed by atoms with E-state index < -0.39 is 53.5 Å². The number of alkyl halides is 6. The van der Waals surface area contributed by atoms with Gasteiger partial charge in [0.2, 0.25) is 11.8 Å². The summed E-state index contributed by atoms with van der Waals surface area (Å²) in [5.74, 6) is -3.82. The van der Waals surface area contributed by atoms with Gasteiger partial charge in [-0.05, 0) is 18.2 Å². The molecule has 1 aliphatic heterocycles. The lowest BCUT2D eigenvalue weighted by Crippen LogP contribution is -2.36. The molecule has 0 saturated carbocycles. The predicted octanol–water partition coefficient (Wildman–Crippen LogP) is 5.01. The highest BCUT2D eigenvalue weighted by atomic mass is 19.4. The van der Waals surface area contributed by atoms with Crippen LogP contribution in [0.3, 0.4) is 0 Å². The van der Waals surface area contributed by atoms with Crippen molar-refractivity contribution in [1.82, 2.24) is 19.5 Å². The van der Waals surface area contributed by atoms with Crippen molar-refractivity contribution >= 4 is 0 Å². The van der Waals surface area contributed by atoms with E-state index >= 15 is 0 Å². The number of ether oxygens (including phenoxy) is 3. The number of hydrogen-bond donors (Lipinski definition) is 0. The average molecular weight is 476 g/mol. The third kappa shape index (κ3) is 4.54. The smallest absolute Gasteiger partial charge is 0.434 e. The van der Waals surface area contributed by atoms with Gasteiger partial charge in [0, 0.05) is 6.07 Å². The molecular formula is C19H11F7N4O3. The van der Waals surface area contributed by atoms with Crippen LogP contribution in [0.25, 0.3) is 0 Å². The molecule has 14 heteroatoms. The second-order valence-corrected chi connectivity index (χ2v) is 6.63. The highest BCUT2D eigenvalue weighted by Gasteiger charge is 2.48. The van der Waals surface area contributed by atoms with Crippen molar-refractivity contribution in [2.45, 2.75) is 24.7 Å². The minimum atomic E-state index is -5.02. The van der Waals surface area contributed by atoms with Crippen molar-refractivity contribution in [3.8, 4) is 11.6 Å². The minimum Gasteiger partial charge on any atom is -0.451 e. The van der Waals surface area contributed by atoms with E-state index in [9.17, 15) is 30.7 Å². The Morgan fingerprint density at radius 1 is 0.939 bits per heavy atom. The van der Waals surface area contributed by atoms with Gasteiger partial charge in [-0.15, -0.1) is 0 Å². The Morgan fingerprint density at radius 3 is 2.21 bits per heavy atom. The Kier molecular flexibility index (Phi) is 5.38. The zero-order valence-corrected chi connectivity index (χ0v) is 16.1. The zero-order chi connectivity index (χ0) is 23.9. The number of rotatable bonds is 5. The summed E-state index contributed by atoms with van der Waals surface area (Å²) in [6.07, 6.45) is -5.14. The first kappa shape index (κ1) is 22.4. The van der Waals surface area contributed by atoms with Gasteiger partial charge in [-0.3, -0.25) is 4.57 Å². The summed E-state index contributed by atoms with van der Waals surface area (Å²) in [5, 5.41) is 0. The molecule has 0 saturated heterocycles. The molecule has 0 atom stereocenters. The molecular weight excluding hydrogens is 465 g/mol. The summed E-state index contributed by atoms with van der Waals surface area (Å²) in [6.45, 7) is -0.542. The van der Waals surface area contributed by atoms with Crippen LogP contribution in [0.1, 0.15) is 17.0 Å². The van der Waals surface area contributed by atoms with Gasteiger partial charge in [0.25, 0.3) is 5.79 Å². The molecule has 7 nitrogen and oxygen atoms in total. The summed E-state index contributed by atoms with van der Waals surface area (Å²) in [4.78, 5) is 10.2. The normalized spacial score (nSPS) is 15.2. The Labute approximate surface area is 180 Å². The average Bonchev–Trinajstić information content (AvgIpc) is 3.37. The minimum absolute atomic E-state index is 0.276. The monoisotopic (exact) mass is 476 g/mol. The van der Waals surface area contributed by atoms with Crippen LogP contribution in [0.15, 0.2) is 55.5 Å². The van der Waals surface area contributed by atoms with E-state index in [0.29, 0.717) is 12.3 Å². The van der Waals surface area contributed by atoms with Gasteiger partial charge in [0.1, 0.15) is 30.5 Å². The van der Waals surface area contributed by atoms with Gasteiger partial charge in [-0.1, -0.05) is 0 Å². The fraction of sp³-hybridized carbons (Fsp3) is 0.211. The van der Waals surface area contributed by atoms with Gasteiger partial charge in [0.15, 0.2) is 5.69 Å². The van der Waals surface area contributed by atoms with Crippen molar-refractivity contribution in [3.05, 3.63) is 78.4 Å². The van der Waals surface area contributed by atoms with Crippen LogP contribution >= 0.6 is 0 Å². The van der Waals surface area contributed by atoms with Crippen molar-refractivity contribution in [2.24, 2.45) is 0 Å². The third-order valence-corrected chi connectivity index (χ3v) is 4.41. The zero-order valence-electron chi connectivity index (χ0n) is 16.1. The van der Waals surface area contributed by atoms with E-state index in [1.165, 1.54) is 0 Å². The summed E-state index contributed by atoms with van der Waals surface area (Å²) < 4.78 is 110. The number of halogens is 7. The first-order valence-corrected chi connectivity index (χ1v) is 8.94. The molecule has 174 valence electrons. The second kappa shape index (κ2) is 7.94. The largest absolute Gasteiger partial charge is 0.451 e. The van der Waals surface area contributed by atoms with E-state index in [4.69, 9.17) is 14.2 Å². The van der Waals surface area contributed by atoms with Crippen molar-refractivity contribution < 1.29 is 44.9 Å². The molecule has 4 rings (SSSR count). The third-order valence-electron chi connectivity index (χ3n) is 4.41. The maximum Gasteiger partial charge on any atom is 0.434 e. The predicted molar refractivity (Wildman–Crippen MR) is 93.7 cm³/mol. The molecule has 0 spiro atoms. The molecule has 1 aliphatic rings. The summed E-state index contributed by atoms with van der Waals surface area (Å²) in [7, 11) is 0. The number of aromatic nitrogens is 4. The van der Waals surface area contributed by atoms with Crippen LogP contribution < -0.4 is 4.74 Å². The summed E-state index contributed by atoms with van der Waals surface area (Å²) >= 11 is 0. The van der Waals surface area contributed by atoms with Crippen molar-refractivity contribution in [2.75, 3.05) is 0 Å². The Bertz CT molecular complexity index is 1170. The lowest BCUT2D eigenvalue weighted by molar-refractivity contribution is -0.177. The lowest BCUT2D eigenvalue weighted by Gasteiger charge is -2.30. The van der Waals surface area contributed by atoms with Crippen LogP contribution in [0.2, 0.25) is 0 Å². The molecule has 0 bridgehead atoms. The van der Waals surface area contributed by atoms with Crippen LogP contribution in [-0.4, -0.2) is 19.5 Å². The van der Waals surface area contributed by atoms with Crippen LogP contribution in [0.4, 0.5) is 30.7 Å². The highest BCUT2D eigenvalue weighted by molar-refractivity contribution is 5.35. The van der Waals surface area contributed by atoms with Crippen LogP contribution in [0, 0.1) is 5.95 Å². The number of hydrogen-bond acceptors (Lipinski definition) is 6. The molecule has 33 heavy (non-hydrogen) atoms. The summed E-state index contributed by atoms with van der Waals surface area (Å²) in [6, 6.07) is 3.47. The maximum absolute atomic E-state index is 13.9. The first-order chi connectivity index (χ1) is 15.5.